The molecule has 0 bridgehead atoms. The maximum absolute atomic E-state index is 13.1. The molecule has 8 heteroatoms. The first-order valence-electron chi connectivity index (χ1n) is 4.13. The molecule has 92 valence electrons. The smallest absolute Gasteiger partial charge is 0.474 e. The van der Waals surface area contributed by atoms with Gasteiger partial charge < -0.3 is 15.6 Å². The molecule has 0 fully saturated rings. The predicted octanol–water partition coefficient (Wildman–Crippen LogP) is 0.981. The van der Waals surface area contributed by atoms with Gasteiger partial charge in [0.15, 0.2) is 0 Å². The SMILES string of the molecule is NC(=O)c1ccc(OC(F)(F)C(=O)O)cc1F. The number of rotatable bonds is 4. The maximum Gasteiger partial charge on any atom is 0.501 e. The Morgan fingerprint density at radius 1 is 1.35 bits per heavy atom. The number of hydrogen-bond acceptors (Lipinski definition) is 3. The summed E-state index contributed by atoms with van der Waals surface area (Å²) in [5.41, 5.74) is 4.26. The van der Waals surface area contributed by atoms with E-state index in [2.05, 4.69) is 4.74 Å². The van der Waals surface area contributed by atoms with Crippen LogP contribution in [-0.2, 0) is 4.79 Å². The molecule has 0 aliphatic rings. The molecule has 1 rings (SSSR count). The summed E-state index contributed by atoms with van der Waals surface area (Å²) in [5.74, 6) is -5.52. The molecule has 1 aromatic carbocycles. The van der Waals surface area contributed by atoms with Crippen molar-refractivity contribution in [2.24, 2.45) is 5.73 Å². The predicted molar refractivity (Wildman–Crippen MR) is 48.1 cm³/mol. The van der Waals surface area contributed by atoms with Crippen molar-refractivity contribution in [3.63, 3.8) is 0 Å². The second-order valence-corrected chi connectivity index (χ2v) is 2.93. The molecule has 0 radical (unpaired) electrons. The van der Waals surface area contributed by atoms with Crippen molar-refractivity contribution in [3.05, 3.63) is 29.6 Å². The Labute approximate surface area is 92.6 Å². The van der Waals surface area contributed by atoms with Gasteiger partial charge in [-0.1, -0.05) is 0 Å². The second-order valence-electron chi connectivity index (χ2n) is 2.93. The Kier molecular flexibility index (Phi) is 3.26. The quantitative estimate of drug-likeness (QED) is 0.832. The number of halogens is 3. The number of carbonyl (C=O) groups is 2. The molecule has 0 saturated carbocycles. The van der Waals surface area contributed by atoms with Crippen LogP contribution in [0.5, 0.6) is 5.75 Å². The van der Waals surface area contributed by atoms with Crippen LogP contribution in [0.3, 0.4) is 0 Å². The zero-order valence-corrected chi connectivity index (χ0v) is 8.12. The van der Waals surface area contributed by atoms with Crippen LogP contribution >= 0.6 is 0 Å². The molecular formula is C9H6F3NO4. The highest BCUT2D eigenvalue weighted by Gasteiger charge is 2.42. The van der Waals surface area contributed by atoms with Crippen molar-refractivity contribution < 1.29 is 32.6 Å². The second kappa shape index (κ2) is 4.32. The first kappa shape index (κ1) is 12.8. The van der Waals surface area contributed by atoms with Gasteiger partial charge in [-0.2, -0.15) is 8.78 Å². The fourth-order valence-electron chi connectivity index (χ4n) is 0.951. The summed E-state index contributed by atoms with van der Waals surface area (Å²) < 4.78 is 42.0. The van der Waals surface area contributed by atoms with Crippen LogP contribution in [-0.4, -0.2) is 23.1 Å². The number of carbonyl (C=O) groups excluding carboxylic acids is 1. The molecule has 0 saturated heterocycles. The molecule has 0 heterocycles. The minimum Gasteiger partial charge on any atom is -0.474 e. The summed E-state index contributed by atoms with van der Waals surface area (Å²) in [6.45, 7) is 0. The molecule has 17 heavy (non-hydrogen) atoms. The fraction of sp³-hybridized carbons (Fsp3) is 0.111. The number of hydrogen-bond donors (Lipinski definition) is 2. The lowest BCUT2D eigenvalue weighted by Crippen LogP contribution is -2.34. The van der Waals surface area contributed by atoms with Gasteiger partial charge >= 0.3 is 12.1 Å². The van der Waals surface area contributed by atoms with Crippen LogP contribution < -0.4 is 10.5 Å². The third-order valence-corrected chi connectivity index (χ3v) is 1.70. The van der Waals surface area contributed by atoms with Crippen molar-refractivity contribution in [1.82, 2.24) is 0 Å². The molecule has 0 atom stereocenters. The van der Waals surface area contributed by atoms with Crippen molar-refractivity contribution in [3.8, 4) is 5.75 Å². The summed E-state index contributed by atoms with van der Waals surface area (Å²) in [7, 11) is 0. The standard InChI is InChI=1S/C9H6F3NO4/c10-6-3-4(1-2-5(6)7(13)14)17-9(11,12)8(15)16/h1-3H,(H2,13,14)(H,15,16). The lowest BCUT2D eigenvalue weighted by molar-refractivity contribution is -0.210. The summed E-state index contributed by atoms with van der Waals surface area (Å²) in [5, 5.41) is 8.07. The average molecular weight is 249 g/mol. The van der Waals surface area contributed by atoms with Crippen LogP contribution in [0.4, 0.5) is 13.2 Å². The molecule has 1 aromatic rings. The van der Waals surface area contributed by atoms with Gasteiger partial charge in [0.2, 0.25) is 0 Å². The first-order chi connectivity index (χ1) is 7.74. The van der Waals surface area contributed by atoms with E-state index in [0.29, 0.717) is 6.07 Å². The summed E-state index contributed by atoms with van der Waals surface area (Å²) in [4.78, 5) is 20.7. The minimum absolute atomic E-state index is 0.441. The van der Waals surface area contributed by atoms with Gasteiger partial charge in [-0.25, -0.2) is 9.18 Å². The van der Waals surface area contributed by atoms with Crippen molar-refractivity contribution in [1.29, 1.82) is 0 Å². The molecule has 0 unspecified atom stereocenters. The fourth-order valence-corrected chi connectivity index (χ4v) is 0.951. The normalized spacial score (nSPS) is 11.0. The molecule has 0 aliphatic heterocycles. The number of nitrogens with two attached hydrogens (primary N) is 1. The van der Waals surface area contributed by atoms with Gasteiger partial charge in [0.1, 0.15) is 11.6 Å². The van der Waals surface area contributed by atoms with Gasteiger partial charge in [0.25, 0.3) is 5.91 Å². The van der Waals surface area contributed by atoms with Gasteiger partial charge in [0.05, 0.1) is 5.56 Å². The van der Waals surface area contributed by atoms with Crippen LogP contribution in [0.25, 0.3) is 0 Å². The number of aliphatic carboxylic acids is 1. The number of amides is 1. The zero-order chi connectivity index (χ0) is 13.2. The van der Waals surface area contributed by atoms with Gasteiger partial charge in [0, 0.05) is 6.07 Å². The van der Waals surface area contributed by atoms with E-state index in [9.17, 15) is 22.8 Å². The Bertz CT molecular complexity index is 475. The van der Waals surface area contributed by atoms with Crippen molar-refractivity contribution in [2.45, 2.75) is 6.11 Å². The summed E-state index contributed by atoms with van der Waals surface area (Å²) in [6, 6.07) is 2.06. The Balaban J connectivity index is 2.99. The molecule has 1 amide bonds. The van der Waals surface area contributed by atoms with Gasteiger partial charge in [-0.3, -0.25) is 4.79 Å². The van der Waals surface area contributed by atoms with E-state index in [4.69, 9.17) is 10.8 Å². The zero-order valence-electron chi connectivity index (χ0n) is 8.12. The van der Waals surface area contributed by atoms with Crippen molar-refractivity contribution >= 4 is 11.9 Å². The third kappa shape index (κ3) is 2.86. The maximum atomic E-state index is 13.1. The molecular weight excluding hydrogens is 243 g/mol. The van der Waals surface area contributed by atoms with E-state index in [1.54, 1.807) is 0 Å². The van der Waals surface area contributed by atoms with Crippen molar-refractivity contribution in [2.75, 3.05) is 0 Å². The minimum atomic E-state index is -4.49. The van der Waals surface area contributed by atoms with E-state index < -0.39 is 35.1 Å². The van der Waals surface area contributed by atoms with E-state index in [-0.39, 0.29) is 0 Å². The van der Waals surface area contributed by atoms with Gasteiger partial charge in [-0.05, 0) is 12.1 Å². The molecule has 3 N–H and O–H groups in total. The first-order valence-corrected chi connectivity index (χ1v) is 4.13. The van der Waals surface area contributed by atoms with Crippen LogP contribution in [0.1, 0.15) is 10.4 Å². The number of ether oxygens (including phenoxy) is 1. The largest absolute Gasteiger partial charge is 0.501 e. The number of carboxylic acid groups (broad SMARTS) is 1. The Morgan fingerprint density at radius 3 is 2.35 bits per heavy atom. The Hall–Kier alpha value is -2.25. The molecule has 0 aliphatic carbocycles. The lowest BCUT2D eigenvalue weighted by atomic mass is 10.2. The van der Waals surface area contributed by atoms with Crippen LogP contribution in [0.15, 0.2) is 18.2 Å². The summed E-state index contributed by atoms with van der Waals surface area (Å²) >= 11 is 0. The van der Waals surface area contributed by atoms with E-state index in [0.717, 1.165) is 12.1 Å². The lowest BCUT2D eigenvalue weighted by Gasteiger charge is -2.13. The van der Waals surface area contributed by atoms with E-state index in [1.165, 1.54) is 0 Å². The topological polar surface area (TPSA) is 89.6 Å². The highest BCUT2D eigenvalue weighted by Crippen LogP contribution is 2.23. The molecule has 0 aromatic heterocycles. The number of alkyl halides is 2. The number of benzene rings is 1. The van der Waals surface area contributed by atoms with E-state index >= 15 is 0 Å². The van der Waals surface area contributed by atoms with Crippen LogP contribution in [0, 0.1) is 5.82 Å². The van der Waals surface area contributed by atoms with Gasteiger partial charge in [-0.15, -0.1) is 0 Å². The molecule has 0 spiro atoms. The monoisotopic (exact) mass is 249 g/mol. The number of primary amides is 1. The van der Waals surface area contributed by atoms with E-state index in [1.807, 2.05) is 0 Å². The molecule has 5 nitrogen and oxygen atoms in total. The summed E-state index contributed by atoms with van der Waals surface area (Å²) in [6.07, 6.45) is -4.49. The highest BCUT2D eigenvalue weighted by atomic mass is 19.3. The third-order valence-electron chi connectivity index (χ3n) is 1.70. The highest BCUT2D eigenvalue weighted by molar-refractivity contribution is 5.93. The van der Waals surface area contributed by atoms with Crippen LogP contribution in [0.2, 0.25) is 0 Å². The number of carboxylic acids is 1. The Morgan fingerprint density at radius 2 is 1.94 bits per heavy atom. The average Bonchev–Trinajstić information content (AvgIpc) is 2.15.